The lowest BCUT2D eigenvalue weighted by Crippen LogP contribution is -2.38. The summed E-state index contributed by atoms with van der Waals surface area (Å²) in [4.78, 5) is 15.0. The van der Waals surface area contributed by atoms with Crippen LogP contribution in [0.5, 0.6) is 0 Å². The average Bonchev–Trinajstić information content (AvgIpc) is 3.34. The van der Waals surface area contributed by atoms with Crippen molar-refractivity contribution >= 4 is 22.5 Å². The smallest absolute Gasteiger partial charge is 0.226 e. The minimum absolute atomic E-state index is 0.113. The quantitative estimate of drug-likeness (QED) is 0.519. The number of carbonyl (C=O) groups excluding carboxylic acids is 1. The maximum Gasteiger partial charge on any atom is 0.226 e. The van der Waals surface area contributed by atoms with E-state index >= 15 is 0 Å². The van der Waals surface area contributed by atoms with Gasteiger partial charge in [-0.3, -0.25) is 4.79 Å². The summed E-state index contributed by atoms with van der Waals surface area (Å²) in [7, 11) is 0. The van der Waals surface area contributed by atoms with E-state index < -0.39 is 0 Å². The number of aromatic nitrogens is 4. The highest BCUT2D eigenvalue weighted by molar-refractivity contribution is 5.87. The zero-order chi connectivity index (χ0) is 20.0. The van der Waals surface area contributed by atoms with Crippen LogP contribution in [0, 0.1) is 19.8 Å². The van der Waals surface area contributed by atoms with Crippen LogP contribution in [0.15, 0.2) is 41.0 Å². The molecule has 1 aliphatic carbocycles. The summed E-state index contributed by atoms with van der Waals surface area (Å²) < 4.78 is 7.31. The third-order valence-corrected chi connectivity index (χ3v) is 6.09. The van der Waals surface area contributed by atoms with Crippen molar-refractivity contribution in [1.29, 1.82) is 0 Å². The standard InChI is InChI=1S/C22H23N5O2/c1-14-8-9-17-11-18(21-23-24-25-27(21)20(17)15(14)2)12-26(13-19-7-4-10-29-19)22(28)16-5-3-6-16/h4,7-11,16H,3,5-6,12-13H2,1-2H3. The molecule has 0 spiro atoms. The molecule has 1 fully saturated rings. The maximum absolute atomic E-state index is 13.1. The van der Waals surface area contributed by atoms with Gasteiger partial charge >= 0.3 is 0 Å². The van der Waals surface area contributed by atoms with E-state index in [1.165, 1.54) is 5.56 Å². The first kappa shape index (κ1) is 17.8. The minimum Gasteiger partial charge on any atom is -0.467 e. The predicted octanol–water partition coefficient (Wildman–Crippen LogP) is 3.82. The Labute approximate surface area is 168 Å². The molecule has 7 nitrogen and oxygen atoms in total. The number of furan rings is 1. The topological polar surface area (TPSA) is 76.5 Å². The zero-order valence-corrected chi connectivity index (χ0v) is 16.6. The number of aryl methyl sites for hydroxylation is 2. The first-order valence-corrected chi connectivity index (χ1v) is 10.0. The number of tetrazole rings is 1. The van der Waals surface area contributed by atoms with Crippen molar-refractivity contribution < 1.29 is 9.21 Å². The van der Waals surface area contributed by atoms with E-state index in [0.717, 1.165) is 47.1 Å². The van der Waals surface area contributed by atoms with Gasteiger partial charge in [-0.2, -0.15) is 4.52 Å². The summed E-state index contributed by atoms with van der Waals surface area (Å²) in [6.07, 6.45) is 4.69. The Hall–Kier alpha value is -3.22. The fraction of sp³-hybridized carbons (Fsp3) is 0.364. The van der Waals surface area contributed by atoms with Gasteiger partial charge in [-0.15, -0.1) is 5.10 Å². The minimum atomic E-state index is 0.113. The Morgan fingerprint density at radius 2 is 2.10 bits per heavy atom. The second-order valence-corrected chi connectivity index (χ2v) is 7.93. The van der Waals surface area contributed by atoms with Gasteiger partial charge in [-0.05, 0) is 66.4 Å². The van der Waals surface area contributed by atoms with Crippen molar-refractivity contribution in [3.63, 3.8) is 0 Å². The molecule has 148 valence electrons. The van der Waals surface area contributed by atoms with Gasteiger partial charge in [0.2, 0.25) is 5.91 Å². The summed E-state index contributed by atoms with van der Waals surface area (Å²) in [6, 6.07) is 10.1. The van der Waals surface area contributed by atoms with Gasteiger partial charge in [0.15, 0.2) is 5.65 Å². The molecule has 0 N–H and O–H groups in total. The van der Waals surface area contributed by atoms with Crippen molar-refractivity contribution in [1.82, 2.24) is 24.9 Å². The Morgan fingerprint density at radius 1 is 1.24 bits per heavy atom. The highest BCUT2D eigenvalue weighted by Crippen LogP contribution is 2.31. The van der Waals surface area contributed by atoms with Crippen LogP contribution < -0.4 is 0 Å². The van der Waals surface area contributed by atoms with Crippen LogP contribution in [0.3, 0.4) is 0 Å². The molecule has 29 heavy (non-hydrogen) atoms. The molecule has 0 atom stereocenters. The molecule has 0 bridgehead atoms. The average molecular weight is 389 g/mol. The number of hydrogen-bond donors (Lipinski definition) is 0. The molecule has 0 saturated heterocycles. The van der Waals surface area contributed by atoms with E-state index in [1.807, 2.05) is 17.0 Å². The van der Waals surface area contributed by atoms with Crippen molar-refractivity contribution in [2.24, 2.45) is 5.92 Å². The van der Waals surface area contributed by atoms with E-state index in [1.54, 1.807) is 10.8 Å². The van der Waals surface area contributed by atoms with E-state index in [0.29, 0.717) is 18.7 Å². The molecule has 3 heterocycles. The molecule has 0 radical (unpaired) electrons. The number of fused-ring (bicyclic) bond motifs is 3. The van der Waals surface area contributed by atoms with Crippen LogP contribution in [0.4, 0.5) is 0 Å². The number of amides is 1. The molecule has 5 rings (SSSR count). The largest absolute Gasteiger partial charge is 0.467 e. The number of benzene rings is 1. The van der Waals surface area contributed by atoms with E-state index in [9.17, 15) is 4.79 Å². The second kappa shape index (κ2) is 6.99. The summed E-state index contributed by atoms with van der Waals surface area (Å²) in [5.41, 5.74) is 4.99. The lowest BCUT2D eigenvalue weighted by Gasteiger charge is -2.31. The number of nitrogens with zero attached hydrogens (tertiary/aromatic N) is 5. The summed E-state index contributed by atoms with van der Waals surface area (Å²) in [6.45, 7) is 5.06. The second-order valence-electron chi connectivity index (χ2n) is 7.93. The van der Waals surface area contributed by atoms with Crippen LogP contribution >= 0.6 is 0 Å². The SMILES string of the molecule is Cc1ccc2cc(CN(Cc3ccco3)C(=O)C3CCC3)c3nnnn3c2c1C. The van der Waals surface area contributed by atoms with E-state index in [4.69, 9.17) is 4.42 Å². The molecule has 1 saturated carbocycles. The third-order valence-electron chi connectivity index (χ3n) is 6.09. The number of pyridine rings is 1. The Morgan fingerprint density at radius 3 is 2.83 bits per heavy atom. The van der Waals surface area contributed by atoms with Gasteiger partial charge in [-0.25, -0.2) is 0 Å². The Balaban J connectivity index is 1.58. The van der Waals surface area contributed by atoms with Crippen molar-refractivity contribution in [2.45, 2.75) is 46.2 Å². The molecule has 1 aliphatic rings. The lowest BCUT2D eigenvalue weighted by molar-refractivity contribution is -0.139. The van der Waals surface area contributed by atoms with Crippen LogP contribution in [0.1, 0.15) is 41.7 Å². The maximum atomic E-state index is 13.1. The van der Waals surface area contributed by atoms with Crippen LogP contribution in [0.2, 0.25) is 0 Å². The molecule has 1 amide bonds. The van der Waals surface area contributed by atoms with Crippen LogP contribution in [-0.2, 0) is 17.9 Å². The molecule has 7 heteroatoms. The fourth-order valence-electron chi connectivity index (χ4n) is 4.05. The Kier molecular flexibility index (Phi) is 4.30. The molecular weight excluding hydrogens is 366 g/mol. The summed E-state index contributed by atoms with van der Waals surface area (Å²) >= 11 is 0. The highest BCUT2D eigenvalue weighted by Gasteiger charge is 2.30. The van der Waals surface area contributed by atoms with Gasteiger partial charge in [0.05, 0.1) is 18.3 Å². The molecule has 4 aromatic rings. The molecule has 1 aromatic carbocycles. The van der Waals surface area contributed by atoms with E-state index in [-0.39, 0.29) is 11.8 Å². The van der Waals surface area contributed by atoms with Gasteiger partial charge in [0.1, 0.15) is 5.76 Å². The van der Waals surface area contributed by atoms with Gasteiger partial charge in [0, 0.05) is 23.4 Å². The molecule has 3 aromatic heterocycles. The molecule has 0 unspecified atom stereocenters. The zero-order valence-electron chi connectivity index (χ0n) is 16.6. The molecule has 0 aliphatic heterocycles. The van der Waals surface area contributed by atoms with Gasteiger partial charge in [0.25, 0.3) is 0 Å². The van der Waals surface area contributed by atoms with Crippen LogP contribution in [-0.4, -0.2) is 30.8 Å². The molecular formula is C22H23N5O2. The number of hydrogen-bond acceptors (Lipinski definition) is 5. The van der Waals surface area contributed by atoms with Crippen molar-refractivity contribution in [3.05, 3.63) is 59.0 Å². The monoisotopic (exact) mass is 389 g/mol. The summed E-state index contributed by atoms with van der Waals surface area (Å²) in [5.74, 6) is 1.07. The Bertz CT molecular complexity index is 1190. The van der Waals surface area contributed by atoms with Crippen LogP contribution in [0.25, 0.3) is 16.6 Å². The first-order chi connectivity index (χ1) is 14.1. The summed E-state index contributed by atoms with van der Waals surface area (Å²) in [5, 5.41) is 13.5. The van der Waals surface area contributed by atoms with Gasteiger partial charge in [-0.1, -0.05) is 18.6 Å². The first-order valence-electron chi connectivity index (χ1n) is 10.0. The third kappa shape index (κ3) is 3.06. The number of carbonyl (C=O) groups is 1. The van der Waals surface area contributed by atoms with Crippen molar-refractivity contribution in [3.8, 4) is 0 Å². The normalized spacial score (nSPS) is 14.4. The van der Waals surface area contributed by atoms with E-state index in [2.05, 4.69) is 47.6 Å². The number of rotatable bonds is 5. The highest BCUT2D eigenvalue weighted by atomic mass is 16.3. The van der Waals surface area contributed by atoms with Gasteiger partial charge < -0.3 is 9.32 Å². The predicted molar refractivity (Wildman–Crippen MR) is 108 cm³/mol. The van der Waals surface area contributed by atoms with Crippen molar-refractivity contribution in [2.75, 3.05) is 0 Å². The lowest BCUT2D eigenvalue weighted by atomic mass is 9.84. The fourth-order valence-corrected chi connectivity index (χ4v) is 4.05.